The molecule has 0 aliphatic rings. The Morgan fingerprint density at radius 3 is 2.81 bits per heavy atom. The zero-order valence-electron chi connectivity index (χ0n) is 13.9. The molecule has 1 aromatic carbocycles. The molecule has 2 aromatic rings. The quantitative estimate of drug-likeness (QED) is 0.349. The van der Waals surface area contributed by atoms with E-state index in [-0.39, 0.29) is 24.2 Å². The monoisotopic (exact) mass is 389 g/mol. The van der Waals surface area contributed by atoms with Crippen LogP contribution < -0.4 is 5.43 Å². The van der Waals surface area contributed by atoms with Gasteiger partial charge in [-0.3, -0.25) is 10.2 Å². The van der Waals surface area contributed by atoms with Gasteiger partial charge in [-0.15, -0.1) is 11.3 Å². The van der Waals surface area contributed by atoms with Gasteiger partial charge in [-0.05, 0) is 31.5 Å². The number of carbonyl (C=O) groups excluding carboxylic acids is 1. The number of aromatic nitrogens is 1. The zero-order valence-corrected chi connectivity index (χ0v) is 14.7. The number of thiazole rings is 1. The second-order valence-corrected chi connectivity index (χ2v) is 6.07. The van der Waals surface area contributed by atoms with Gasteiger partial charge in [0.25, 0.3) is 0 Å². The van der Waals surface area contributed by atoms with Crippen molar-refractivity contribution in [1.82, 2.24) is 4.98 Å². The van der Waals surface area contributed by atoms with Gasteiger partial charge in [-0.1, -0.05) is 0 Å². The van der Waals surface area contributed by atoms with Crippen LogP contribution in [0.3, 0.4) is 0 Å². The topological polar surface area (TPSA) is 63.6 Å². The number of aryl methyl sites for hydroxylation is 1. The summed E-state index contributed by atoms with van der Waals surface area (Å²) in [5.74, 6) is -1.81. The molecule has 0 bridgehead atoms. The van der Waals surface area contributed by atoms with Crippen LogP contribution in [0.5, 0.6) is 0 Å². The summed E-state index contributed by atoms with van der Waals surface area (Å²) in [6, 6.07) is 1.99. The molecule has 1 heterocycles. The fourth-order valence-corrected chi connectivity index (χ4v) is 2.71. The van der Waals surface area contributed by atoms with Crippen molar-refractivity contribution in [1.29, 1.82) is 0 Å². The highest BCUT2D eigenvalue weighted by molar-refractivity contribution is 7.13. The summed E-state index contributed by atoms with van der Waals surface area (Å²) >= 11 is 1.14. The fraction of sp³-hybridized carbons (Fsp3) is 0.312. The maximum Gasteiger partial charge on any atom is 0.419 e. The van der Waals surface area contributed by atoms with Crippen LogP contribution in [-0.2, 0) is 22.1 Å². The minimum Gasteiger partial charge on any atom is -0.466 e. The lowest BCUT2D eigenvalue weighted by molar-refractivity contribution is -0.142. The van der Waals surface area contributed by atoms with E-state index in [1.165, 1.54) is 13.0 Å². The average Bonchev–Trinajstić information content (AvgIpc) is 2.96. The Kier molecular flexibility index (Phi) is 6.30. The minimum atomic E-state index is -4.79. The molecule has 5 nitrogen and oxygen atoms in total. The lowest BCUT2D eigenvalue weighted by Crippen LogP contribution is -2.10. The number of rotatable bonds is 6. The van der Waals surface area contributed by atoms with E-state index in [9.17, 15) is 22.4 Å². The first-order valence-corrected chi connectivity index (χ1v) is 8.35. The van der Waals surface area contributed by atoms with Crippen LogP contribution in [0.15, 0.2) is 22.6 Å². The van der Waals surface area contributed by atoms with Crippen LogP contribution in [0.4, 0.5) is 22.7 Å². The van der Waals surface area contributed by atoms with Crippen molar-refractivity contribution in [3.63, 3.8) is 0 Å². The highest BCUT2D eigenvalue weighted by Gasteiger charge is 2.35. The fourth-order valence-electron chi connectivity index (χ4n) is 2.05. The average molecular weight is 389 g/mol. The first kappa shape index (κ1) is 19.8. The van der Waals surface area contributed by atoms with E-state index in [0.29, 0.717) is 10.8 Å². The molecule has 1 N–H and O–H groups in total. The number of hydrogen-bond acceptors (Lipinski definition) is 6. The lowest BCUT2D eigenvalue weighted by atomic mass is 10.1. The number of esters is 1. The Labute approximate surface area is 150 Å². The largest absolute Gasteiger partial charge is 0.466 e. The molecule has 0 radical (unpaired) electrons. The molecular weight excluding hydrogens is 374 g/mol. The summed E-state index contributed by atoms with van der Waals surface area (Å²) in [6.45, 7) is 3.39. The van der Waals surface area contributed by atoms with E-state index in [0.717, 1.165) is 23.6 Å². The summed E-state index contributed by atoms with van der Waals surface area (Å²) in [5, 5.41) is 5.64. The number of alkyl halides is 3. The molecule has 2 rings (SSSR count). The summed E-state index contributed by atoms with van der Waals surface area (Å²) in [5.41, 5.74) is 1.58. The molecule has 0 fully saturated rings. The molecule has 0 aliphatic heterocycles. The van der Waals surface area contributed by atoms with Gasteiger partial charge in [0.2, 0.25) is 5.13 Å². The third kappa shape index (κ3) is 5.25. The predicted octanol–water partition coefficient (Wildman–Crippen LogP) is 4.16. The zero-order chi connectivity index (χ0) is 19.3. The van der Waals surface area contributed by atoms with Gasteiger partial charge in [-0.25, -0.2) is 9.37 Å². The standard InChI is InChI=1S/C16H15F4N3O2S/c1-3-25-13(24)6-11-8-26-15(22-11)23-21-7-10-4-9(2)5-12(14(10)17)16(18,19)20/h4-5,7-8H,3,6H2,1-2H3,(H,22,23). The van der Waals surface area contributed by atoms with Gasteiger partial charge in [0, 0.05) is 10.9 Å². The van der Waals surface area contributed by atoms with Crippen LogP contribution >= 0.6 is 11.3 Å². The SMILES string of the molecule is CCOC(=O)Cc1csc(NN=Cc2cc(C)cc(C(F)(F)F)c2F)n1. The number of hydrogen-bond donors (Lipinski definition) is 1. The maximum atomic E-state index is 14.0. The number of halogens is 4. The van der Waals surface area contributed by atoms with Gasteiger partial charge in [0.15, 0.2) is 0 Å². The summed E-state index contributed by atoms with van der Waals surface area (Å²) < 4.78 is 57.2. The third-order valence-corrected chi connectivity index (χ3v) is 3.89. The van der Waals surface area contributed by atoms with Gasteiger partial charge in [0.1, 0.15) is 5.82 Å². The Bertz CT molecular complexity index is 818. The van der Waals surface area contributed by atoms with Crippen molar-refractivity contribution < 1.29 is 27.1 Å². The van der Waals surface area contributed by atoms with E-state index in [2.05, 4.69) is 15.5 Å². The number of ether oxygens (including phenoxy) is 1. The number of anilines is 1. The normalized spacial score (nSPS) is 11.8. The van der Waals surface area contributed by atoms with Gasteiger partial charge < -0.3 is 4.74 Å². The first-order chi connectivity index (χ1) is 12.2. The highest BCUT2D eigenvalue weighted by atomic mass is 32.1. The third-order valence-electron chi connectivity index (χ3n) is 3.10. The van der Waals surface area contributed by atoms with E-state index < -0.39 is 23.5 Å². The van der Waals surface area contributed by atoms with Gasteiger partial charge in [-0.2, -0.15) is 18.3 Å². The molecule has 0 spiro atoms. The van der Waals surface area contributed by atoms with Gasteiger partial charge >= 0.3 is 12.1 Å². The van der Waals surface area contributed by atoms with Crippen LogP contribution in [0.1, 0.15) is 29.3 Å². The van der Waals surface area contributed by atoms with E-state index in [1.54, 1.807) is 12.3 Å². The first-order valence-electron chi connectivity index (χ1n) is 7.47. The predicted molar refractivity (Wildman–Crippen MR) is 89.8 cm³/mol. The molecule has 0 atom stereocenters. The van der Waals surface area contributed by atoms with Crippen molar-refractivity contribution in [2.24, 2.45) is 5.10 Å². The smallest absolute Gasteiger partial charge is 0.419 e. The molecule has 0 unspecified atom stereocenters. The van der Waals surface area contributed by atoms with Gasteiger partial charge in [0.05, 0.1) is 30.5 Å². The highest BCUT2D eigenvalue weighted by Crippen LogP contribution is 2.33. The Morgan fingerprint density at radius 1 is 1.42 bits per heavy atom. The van der Waals surface area contributed by atoms with Crippen LogP contribution in [0.25, 0.3) is 0 Å². The number of benzene rings is 1. The van der Waals surface area contributed by atoms with Crippen LogP contribution in [0.2, 0.25) is 0 Å². The van der Waals surface area contributed by atoms with Crippen molar-refractivity contribution >= 4 is 28.7 Å². The Balaban J connectivity index is 2.09. The van der Waals surface area contributed by atoms with Crippen molar-refractivity contribution in [2.45, 2.75) is 26.4 Å². The van der Waals surface area contributed by atoms with Crippen molar-refractivity contribution in [3.05, 3.63) is 45.7 Å². The molecule has 0 amide bonds. The number of nitrogens with zero attached hydrogens (tertiary/aromatic N) is 2. The molecule has 0 aliphatic carbocycles. The lowest BCUT2D eigenvalue weighted by Gasteiger charge is -2.10. The molecule has 26 heavy (non-hydrogen) atoms. The van der Waals surface area contributed by atoms with Crippen LogP contribution in [-0.4, -0.2) is 23.8 Å². The second kappa shape index (κ2) is 8.26. The summed E-state index contributed by atoms with van der Waals surface area (Å²) in [6.07, 6.45) is -3.84. The van der Waals surface area contributed by atoms with E-state index in [1.807, 2.05) is 0 Å². The minimum absolute atomic E-state index is 0.00279. The second-order valence-electron chi connectivity index (χ2n) is 5.21. The Morgan fingerprint density at radius 2 is 2.15 bits per heavy atom. The molecule has 0 saturated carbocycles. The molecule has 1 aromatic heterocycles. The molecule has 0 saturated heterocycles. The number of nitrogens with one attached hydrogen (secondary N) is 1. The van der Waals surface area contributed by atoms with E-state index >= 15 is 0 Å². The summed E-state index contributed by atoms with van der Waals surface area (Å²) in [7, 11) is 0. The Hall–Kier alpha value is -2.49. The van der Waals surface area contributed by atoms with Crippen LogP contribution in [0, 0.1) is 12.7 Å². The van der Waals surface area contributed by atoms with Crippen molar-refractivity contribution in [2.75, 3.05) is 12.0 Å². The molecular formula is C16H15F4N3O2S. The number of carbonyl (C=O) groups is 1. The number of hydrazone groups is 1. The molecule has 140 valence electrons. The maximum absolute atomic E-state index is 14.0. The summed E-state index contributed by atoms with van der Waals surface area (Å²) in [4.78, 5) is 15.4. The molecule has 10 heteroatoms. The van der Waals surface area contributed by atoms with Crippen molar-refractivity contribution in [3.8, 4) is 0 Å². The van der Waals surface area contributed by atoms with E-state index in [4.69, 9.17) is 4.74 Å².